The lowest BCUT2D eigenvalue weighted by molar-refractivity contribution is 0.802. The summed E-state index contributed by atoms with van der Waals surface area (Å²) in [7, 11) is 0. The highest BCUT2D eigenvalue weighted by molar-refractivity contribution is 5.33. The molecule has 0 saturated carbocycles. The maximum atomic E-state index is 7.22. The van der Waals surface area contributed by atoms with Crippen molar-refractivity contribution >= 4 is 0 Å². The summed E-state index contributed by atoms with van der Waals surface area (Å²) >= 11 is 0. The molecule has 1 aromatic carbocycles. The van der Waals surface area contributed by atoms with Gasteiger partial charge >= 0.3 is 0 Å². The molecule has 12 heavy (non-hydrogen) atoms. The zero-order chi connectivity index (χ0) is 9.26. The normalized spacial score (nSPS) is 11.2. The molecule has 2 aromatic rings. The summed E-state index contributed by atoms with van der Waals surface area (Å²) in [5.74, 6) is 0. The second kappa shape index (κ2) is 2.77. The average molecular weight is 160 g/mol. The zero-order valence-corrected chi connectivity index (χ0v) is 6.73. The van der Waals surface area contributed by atoms with E-state index in [1.54, 1.807) is 10.9 Å². The van der Waals surface area contributed by atoms with Gasteiger partial charge in [-0.1, -0.05) is 17.3 Å². The number of nitrogens with zero attached hydrogens (tertiary/aromatic N) is 3. The number of benzene rings is 1. The average Bonchev–Trinajstić information content (AvgIpc) is 2.52. The predicted molar refractivity (Wildman–Crippen MR) is 46.1 cm³/mol. The Kier molecular flexibility index (Phi) is 1.37. The van der Waals surface area contributed by atoms with E-state index in [-0.39, 0.29) is 6.17 Å². The second-order valence-corrected chi connectivity index (χ2v) is 2.63. The predicted octanol–water partition coefficient (Wildman–Crippen LogP) is 1.58. The molecule has 0 radical (unpaired) electrons. The van der Waals surface area contributed by atoms with Crippen molar-refractivity contribution in [1.29, 1.82) is 0 Å². The Morgan fingerprint density at radius 3 is 3.08 bits per heavy atom. The van der Waals surface area contributed by atoms with Gasteiger partial charge in [-0.3, -0.25) is 0 Å². The fourth-order valence-electron chi connectivity index (χ4n) is 1.08. The van der Waals surface area contributed by atoms with E-state index >= 15 is 0 Å². The minimum atomic E-state index is 0.182. The molecule has 60 valence electrons. The molecular formula is C9H9N3. The number of aromatic nitrogens is 3. The van der Waals surface area contributed by atoms with E-state index in [1.165, 1.54) is 5.56 Å². The van der Waals surface area contributed by atoms with Crippen LogP contribution in [0.4, 0.5) is 0 Å². The van der Waals surface area contributed by atoms with Gasteiger partial charge < -0.3 is 0 Å². The Bertz CT molecular complexity index is 422. The van der Waals surface area contributed by atoms with E-state index in [1.807, 2.05) is 31.2 Å². The van der Waals surface area contributed by atoms with Gasteiger partial charge in [-0.25, -0.2) is 4.68 Å². The fourth-order valence-corrected chi connectivity index (χ4v) is 1.08. The lowest BCUT2D eigenvalue weighted by Crippen LogP contribution is -1.94. The van der Waals surface area contributed by atoms with Crippen molar-refractivity contribution in [3.63, 3.8) is 0 Å². The molecular weight excluding hydrogens is 150 g/mol. The molecule has 2 rings (SSSR count). The van der Waals surface area contributed by atoms with Gasteiger partial charge in [-0.15, -0.1) is 5.10 Å². The van der Waals surface area contributed by atoms with Gasteiger partial charge in [-0.05, 0) is 24.6 Å². The Hall–Kier alpha value is -1.64. The van der Waals surface area contributed by atoms with Crippen LogP contribution in [0, 0.1) is 6.92 Å². The van der Waals surface area contributed by atoms with Gasteiger partial charge in [0, 0.05) is 0 Å². The molecule has 3 nitrogen and oxygen atoms in total. The highest BCUT2D eigenvalue weighted by Gasteiger charge is 1.94. The first kappa shape index (κ1) is 5.94. The molecule has 0 fully saturated rings. The lowest BCUT2D eigenvalue weighted by Gasteiger charge is -1.99. The first-order chi connectivity index (χ1) is 6.25. The Morgan fingerprint density at radius 1 is 1.50 bits per heavy atom. The van der Waals surface area contributed by atoms with Gasteiger partial charge in [0.25, 0.3) is 0 Å². The quantitative estimate of drug-likeness (QED) is 0.634. The molecule has 0 N–H and O–H groups in total. The summed E-state index contributed by atoms with van der Waals surface area (Å²) in [4.78, 5) is 0. The summed E-state index contributed by atoms with van der Waals surface area (Å²) in [5, 5.41) is 7.41. The topological polar surface area (TPSA) is 30.7 Å². The molecule has 0 spiro atoms. The molecule has 0 bridgehead atoms. The number of hydrogen-bond donors (Lipinski definition) is 0. The van der Waals surface area contributed by atoms with Gasteiger partial charge in [0.2, 0.25) is 0 Å². The Balaban J connectivity index is 2.46. The van der Waals surface area contributed by atoms with Crippen molar-refractivity contribution in [2.24, 2.45) is 0 Å². The standard InChI is InChI=1S/C9H9N3/c1-8-3-2-4-9(7-8)12-6-5-10-11-12/h2-7H,1H3/i5D. The molecule has 0 atom stereocenters. The number of aryl methyl sites for hydroxylation is 1. The van der Waals surface area contributed by atoms with Crippen LogP contribution in [0.5, 0.6) is 0 Å². The SMILES string of the molecule is [2H]c1cn(-c2cccc(C)c2)nn1. The highest BCUT2D eigenvalue weighted by Crippen LogP contribution is 2.07. The maximum absolute atomic E-state index is 7.22. The van der Waals surface area contributed by atoms with E-state index in [0.29, 0.717) is 0 Å². The van der Waals surface area contributed by atoms with Crippen molar-refractivity contribution in [2.75, 3.05) is 0 Å². The molecule has 0 amide bonds. The molecule has 0 aliphatic rings. The van der Waals surface area contributed by atoms with E-state index in [4.69, 9.17) is 1.37 Å². The van der Waals surface area contributed by atoms with Crippen LogP contribution < -0.4 is 0 Å². The van der Waals surface area contributed by atoms with Crippen molar-refractivity contribution in [1.82, 2.24) is 15.0 Å². The van der Waals surface area contributed by atoms with Crippen LogP contribution in [0.15, 0.2) is 36.6 Å². The molecule has 1 heterocycles. The van der Waals surface area contributed by atoms with E-state index in [9.17, 15) is 0 Å². The molecule has 0 aliphatic carbocycles. The third kappa shape index (κ3) is 1.21. The maximum Gasteiger partial charge on any atom is 0.0877 e. The highest BCUT2D eigenvalue weighted by atomic mass is 15.4. The van der Waals surface area contributed by atoms with Crippen LogP contribution in [-0.2, 0) is 0 Å². The monoisotopic (exact) mass is 160 g/mol. The van der Waals surface area contributed by atoms with Crippen molar-refractivity contribution in [3.05, 3.63) is 42.2 Å². The first-order valence-corrected chi connectivity index (χ1v) is 3.72. The summed E-state index contributed by atoms with van der Waals surface area (Å²) in [5.41, 5.74) is 2.10. The summed E-state index contributed by atoms with van der Waals surface area (Å²) in [6.45, 7) is 2.02. The van der Waals surface area contributed by atoms with Crippen LogP contribution in [0.25, 0.3) is 5.69 Å². The smallest absolute Gasteiger partial charge is 0.0877 e. The first-order valence-electron chi connectivity index (χ1n) is 4.22. The van der Waals surface area contributed by atoms with E-state index < -0.39 is 0 Å². The minimum absolute atomic E-state index is 0.182. The third-order valence-corrected chi connectivity index (χ3v) is 1.65. The van der Waals surface area contributed by atoms with Crippen molar-refractivity contribution < 1.29 is 1.37 Å². The van der Waals surface area contributed by atoms with Gasteiger partial charge in [0.15, 0.2) is 0 Å². The van der Waals surface area contributed by atoms with Gasteiger partial charge in [0.1, 0.15) is 0 Å². The van der Waals surface area contributed by atoms with Crippen LogP contribution >= 0.6 is 0 Å². The Morgan fingerprint density at radius 2 is 2.42 bits per heavy atom. The van der Waals surface area contributed by atoms with Crippen LogP contribution in [0.2, 0.25) is 0 Å². The molecule has 1 aromatic heterocycles. The second-order valence-electron chi connectivity index (χ2n) is 2.63. The minimum Gasteiger partial charge on any atom is -0.221 e. The summed E-state index contributed by atoms with van der Waals surface area (Å²) in [6, 6.07) is 7.90. The number of hydrogen-bond acceptors (Lipinski definition) is 2. The van der Waals surface area contributed by atoms with Crippen molar-refractivity contribution in [2.45, 2.75) is 6.92 Å². The Labute approximate surface area is 72.1 Å². The fraction of sp³-hybridized carbons (Fsp3) is 0.111. The molecule has 0 unspecified atom stereocenters. The summed E-state index contributed by atoms with van der Waals surface area (Å²) < 4.78 is 8.82. The summed E-state index contributed by atoms with van der Waals surface area (Å²) in [6.07, 6.45) is 1.76. The molecule has 3 heteroatoms. The van der Waals surface area contributed by atoms with E-state index in [2.05, 4.69) is 10.3 Å². The third-order valence-electron chi connectivity index (χ3n) is 1.65. The van der Waals surface area contributed by atoms with Crippen LogP contribution in [-0.4, -0.2) is 15.0 Å². The van der Waals surface area contributed by atoms with E-state index in [0.717, 1.165) is 5.69 Å². The van der Waals surface area contributed by atoms with Gasteiger partial charge in [0.05, 0.1) is 19.4 Å². The number of rotatable bonds is 1. The van der Waals surface area contributed by atoms with Crippen LogP contribution in [0.3, 0.4) is 0 Å². The van der Waals surface area contributed by atoms with Gasteiger partial charge in [-0.2, -0.15) is 0 Å². The zero-order valence-electron chi connectivity index (χ0n) is 7.73. The molecule has 0 saturated heterocycles. The van der Waals surface area contributed by atoms with Crippen LogP contribution in [0.1, 0.15) is 6.93 Å². The largest absolute Gasteiger partial charge is 0.221 e. The molecule has 0 aliphatic heterocycles. The van der Waals surface area contributed by atoms with Crippen molar-refractivity contribution in [3.8, 4) is 5.69 Å². The lowest BCUT2D eigenvalue weighted by atomic mass is 10.2.